The van der Waals surface area contributed by atoms with E-state index >= 15 is 0 Å². The normalized spacial score (nSPS) is 13.4. The zero-order valence-electron chi connectivity index (χ0n) is 23.8. The lowest BCUT2D eigenvalue weighted by Crippen LogP contribution is -2.41. The molecule has 0 fully saturated rings. The van der Waals surface area contributed by atoms with Crippen LogP contribution in [0, 0.1) is 17.1 Å². The number of hydrogen-bond acceptors (Lipinski definition) is 8. The summed E-state index contributed by atoms with van der Waals surface area (Å²) in [6.45, 7) is 4.10. The molecule has 0 saturated carbocycles. The van der Waals surface area contributed by atoms with Crippen LogP contribution in [0.5, 0.6) is 0 Å². The molecule has 1 atom stereocenters. The Morgan fingerprint density at radius 3 is 2.58 bits per heavy atom. The predicted molar refractivity (Wildman–Crippen MR) is 168 cm³/mol. The van der Waals surface area contributed by atoms with Crippen LogP contribution >= 0.6 is 23.2 Å². The second-order valence-corrected chi connectivity index (χ2v) is 11.3. The van der Waals surface area contributed by atoms with Gasteiger partial charge in [0.25, 0.3) is 5.91 Å². The van der Waals surface area contributed by atoms with Crippen molar-refractivity contribution in [3.63, 3.8) is 0 Å². The first kappa shape index (κ1) is 29.9. The average molecular weight is 620 g/mol. The Balaban J connectivity index is 1.62. The third-order valence-corrected chi connectivity index (χ3v) is 7.50. The SMILES string of the molecule is CC(C)N1C=C([C@@H](Nc2cc(Cl)c3ncc(C#N)c(Nc4cccc(Cl)c4F)c3c2)c2cccc(C(=O)N(C)C)c2)NN1. The highest BCUT2D eigenvalue weighted by Gasteiger charge is 2.25. The number of anilines is 3. The van der Waals surface area contributed by atoms with Crippen molar-refractivity contribution in [2.45, 2.75) is 25.9 Å². The van der Waals surface area contributed by atoms with E-state index in [0.29, 0.717) is 32.9 Å². The van der Waals surface area contributed by atoms with Crippen molar-refractivity contribution in [1.29, 1.82) is 5.26 Å². The molecule has 0 spiro atoms. The van der Waals surface area contributed by atoms with Gasteiger partial charge in [-0.15, -0.1) is 5.53 Å². The number of nitriles is 1. The highest BCUT2D eigenvalue weighted by molar-refractivity contribution is 6.36. The molecule has 5 rings (SSSR count). The van der Waals surface area contributed by atoms with Gasteiger partial charge in [0.1, 0.15) is 6.07 Å². The van der Waals surface area contributed by atoms with Crippen molar-refractivity contribution < 1.29 is 9.18 Å². The molecule has 1 amide bonds. The maximum absolute atomic E-state index is 14.9. The van der Waals surface area contributed by atoms with E-state index in [4.69, 9.17) is 23.2 Å². The fraction of sp³-hybridized carbons (Fsp3) is 0.194. The number of halogens is 3. The number of nitrogens with zero attached hydrogens (tertiary/aromatic N) is 4. The number of carbonyl (C=O) groups is 1. The first-order valence-corrected chi connectivity index (χ1v) is 14.2. The highest BCUT2D eigenvalue weighted by Crippen LogP contribution is 2.38. The van der Waals surface area contributed by atoms with Gasteiger partial charge in [-0.2, -0.15) is 5.26 Å². The number of aromatic nitrogens is 1. The molecule has 0 aliphatic carbocycles. The summed E-state index contributed by atoms with van der Waals surface area (Å²) in [6, 6.07) is 17.3. The molecule has 1 aliphatic heterocycles. The standard InChI is InChI=1S/C31H29Cl2FN8O/c1-17(2)42-16-26(39-40-42)29(18-7-5-8-19(11-18)31(43)41(3)4)37-21-12-22-28(38-25-10-6-9-23(32)27(25)34)20(14-35)15-36-30(22)24(33)13-21/h5-13,15-17,29,37,39-40H,1-4H3,(H,36,38)/t29-/m0/s1. The quantitative estimate of drug-likeness (QED) is 0.172. The summed E-state index contributed by atoms with van der Waals surface area (Å²) in [5, 5.41) is 19.1. The van der Waals surface area contributed by atoms with E-state index < -0.39 is 11.9 Å². The maximum Gasteiger partial charge on any atom is 0.253 e. The fourth-order valence-electron chi connectivity index (χ4n) is 4.68. The highest BCUT2D eigenvalue weighted by atomic mass is 35.5. The van der Waals surface area contributed by atoms with Crippen LogP contribution in [0.3, 0.4) is 0 Å². The molecule has 0 unspecified atom stereocenters. The number of carbonyl (C=O) groups excluding carboxylic acids is 1. The summed E-state index contributed by atoms with van der Waals surface area (Å²) in [4.78, 5) is 18.7. The lowest BCUT2D eigenvalue weighted by Gasteiger charge is -2.23. The van der Waals surface area contributed by atoms with Crippen LogP contribution in [-0.2, 0) is 0 Å². The number of hydrazine groups is 2. The molecule has 12 heteroatoms. The molecule has 9 nitrogen and oxygen atoms in total. The van der Waals surface area contributed by atoms with E-state index in [1.807, 2.05) is 43.3 Å². The number of hydrogen-bond donors (Lipinski definition) is 4. The minimum atomic E-state index is -0.646. The largest absolute Gasteiger partial charge is 0.373 e. The molecule has 0 saturated heterocycles. The van der Waals surface area contributed by atoms with Crippen molar-refractivity contribution in [3.05, 3.63) is 105 Å². The number of rotatable bonds is 8. The van der Waals surface area contributed by atoms with Crippen molar-refractivity contribution >= 4 is 57.1 Å². The zero-order chi connectivity index (χ0) is 30.8. The van der Waals surface area contributed by atoms with Crippen molar-refractivity contribution in [2.24, 2.45) is 0 Å². The summed E-state index contributed by atoms with van der Waals surface area (Å²) in [6.07, 6.45) is 3.34. The molecular weight excluding hydrogens is 590 g/mol. The topological polar surface area (TPSA) is 108 Å². The summed E-state index contributed by atoms with van der Waals surface area (Å²) in [5.74, 6) is -0.768. The Morgan fingerprint density at radius 1 is 1.12 bits per heavy atom. The minimum Gasteiger partial charge on any atom is -0.373 e. The van der Waals surface area contributed by atoms with Gasteiger partial charge in [-0.1, -0.05) is 41.4 Å². The molecule has 0 bridgehead atoms. The van der Waals surface area contributed by atoms with Crippen LogP contribution in [0.4, 0.5) is 21.5 Å². The van der Waals surface area contributed by atoms with Gasteiger partial charge in [0.15, 0.2) is 5.82 Å². The third-order valence-electron chi connectivity index (χ3n) is 6.92. The van der Waals surface area contributed by atoms with Gasteiger partial charge in [-0.25, -0.2) is 4.39 Å². The third kappa shape index (κ3) is 6.15. The Kier molecular flexibility index (Phi) is 8.59. The summed E-state index contributed by atoms with van der Waals surface area (Å²) >= 11 is 12.7. The number of pyridine rings is 1. The molecule has 220 valence electrons. The van der Waals surface area contributed by atoms with Gasteiger partial charge in [0, 0.05) is 49.2 Å². The predicted octanol–water partition coefficient (Wildman–Crippen LogP) is 6.73. The van der Waals surface area contributed by atoms with E-state index in [-0.39, 0.29) is 28.2 Å². The minimum absolute atomic E-state index is 0.0542. The Bertz CT molecular complexity index is 1790. The summed E-state index contributed by atoms with van der Waals surface area (Å²) < 4.78 is 14.9. The number of nitrogens with one attached hydrogen (secondary N) is 4. The molecular formula is C31H29Cl2FN8O. The summed E-state index contributed by atoms with van der Waals surface area (Å²) in [7, 11) is 3.41. The van der Waals surface area contributed by atoms with E-state index in [9.17, 15) is 14.4 Å². The maximum atomic E-state index is 14.9. The van der Waals surface area contributed by atoms with Crippen LogP contribution in [0.2, 0.25) is 10.0 Å². The van der Waals surface area contributed by atoms with Crippen LogP contribution in [0.15, 0.2) is 72.7 Å². The second-order valence-electron chi connectivity index (χ2n) is 10.5. The van der Waals surface area contributed by atoms with Crippen LogP contribution in [0.25, 0.3) is 10.9 Å². The monoisotopic (exact) mass is 618 g/mol. The van der Waals surface area contributed by atoms with Gasteiger partial charge >= 0.3 is 0 Å². The van der Waals surface area contributed by atoms with Gasteiger partial charge in [0.05, 0.1) is 44.2 Å². The van der Waals surface area contributed by atoms with Gasteiger partial charge in [0.2, 0.25) is 0 Å². The Hall–Kier alpha value is -4.56. The number of benzene rings is 3. The molecule has 1 aliphatic rings. The fourth-order valence-corrected chi connectivity index (χ4v) is 5.13. The lowest BCUT2D eigenvalue weighted by molar-refractivity contribution is 0.0827. The molecule has 0 radical (unpaired) electrons. The lowest BCUT2D eigenvalue weighted by atomic mass is 10.00. The Labute approximate surface area is 258 Å². The van der Waals surface area contributed by atoms with E-state index in [2.05, 4.69) is 32.6 Å². The molecule has 43 heavy (non-hydrogen) atoms. The molecule has 2 heterocycles. The first-order chi connectivity index (χ1) is 20.6. The first-order valence-electron chi connectivity index (χ1n) is 13.4. The van der Waals surface area contributed by atoms with Gasteiger partial charge in [-0.3, -0.25) is 14.8 Å². The van der Waals surface area contributed by atoms with Gasteiger partial charge in [-0.05, 0) is 55.8 Å². The Morgan fingerprint density at radius 2 is 1.88 bits per heavy atom. The summed E-state index contributed by atoms with van der Waals surface area (Å²) in [5.41, 5.74) is 10.2. The smallest absolute Gasteiger partial charge is 0.253 e. The number of fused-ring (bicyclic) bond motifs is 1. The van der Waals surface area contributed by atoms with Crippen LogP contribution in [-0.4, -0.2) is 40.9 Å². The number of amides is 1. The van der Waals surface area contributed by atoms with Crippen LogP contribution < -0.4 is 21.6 Å². The zero-order valence-corrected chi connectivity index (χ0v) is 25.3. The van der Waals surface area contributed by atoms with E-state index in [1.165, 1.54) is 23.2 Å². The van der Waals surface area contributed by atoms with Crippen molar-refractivity contribution in [1.82, 2.24) is 25.9 Å². The van der Waals surface area contributed by atoms with Gasteiger partial charge < -0.3 is 21.0 Å². The van der Waals surface area contributed by atoms with Crippen molar-refractivity contribution in [3.8, 4) is 6.07 Å². The van der Waals surface area contributed by atoms with E-state index in [0.717, 1.165) is 11.3 Å². The molecule has 4 aromatic rings. The second kappa shape index (κ2) is 12.4. The molecule has 3 aromatic carbocycles. The van der Waals surface area contributed by atoms with Crippen LogP contribution in [0.1, 0.15) is 41.4 Å². The van der Waals surface area contributed by atoms with Crippen molar-refractivity contribution in [2.75, 3.05) is 24.7 Å². The average Bonchev–Trinajstić information content (AvgIpc) is 3.48. The molecule has 4 N–H and O–H groups in total. The van der Waals surface area contributed by atoms with E-state index in [1.54, 1.807) is 38.4 Å². The molecule has 1 aromatic heterocycles.